The van der Waals surface area contributed by atoms with Crippen molar-refractivity contribution in [2.24, 2.45) is 0 Å². The molecule has 14 nitrogen and oxygen atoms in total. The van der Waals surface area contributed by atoms with Crippen LogP contribution in [0.2, 0.25) is 0 Å². The maximum Gasteiger partial charge on any atom is 0.182 e. The van der Waals surface area contributed by atoms with Crippen molar-refractivity contribution in [2.45, 2.75) is 47.7 Å². The molecule has 0 bridgehead atoms. The van der Waals surface area contributed by atoms with Crippen LogP contribution < -0.4 is 9.78 Å². The molecule has 0 radical (unpaired) electrons. The Bertz CT molecular complexity index is 3210. The number of aliphatic hydroxyl groups is 2. The number of phenols is 10. The molecule has 70 heavy (non-hydrogen) atoms. The zero-order valence-corrected chi connectivity index (χ0v) is 36.8. The van der Waals surface area contributed by atoms with Crippen molar-refractivity contribution in [1.29, 1.82) is 0 Å². The molecule has 12 N–H and O–H groups in total. The van der Waals surface area contributed by atoms with Gasteiger partial charge in [0.15, 0.2) is 11.5 Å². The lowest BCUT2D eigenvalue weighted by Gasteiger charge is -2.30. The van der Waals surface area contributed by atoms with Crippen LogP contribution in [0.25, 0.3) is 0 Å². The second-order valence-corrected chi connectivity index (χ2v) is 17.9. The fourth-order valence-electron chi connectivity index (χ4n) is 10.9. The van der Waals surface area contributed by atoms with Gasteiger partial charge in [0, 0.05) is 70.9 Å². The molecule has 2 aliphatic rings. The largest absolute Gasteiger partial charge is 0.508 e. The van der Waals surface area contributed by atoms with Crippen LogP contribution in [0, 0.1) is 0 Å². The molecule has 14 heteroatoms. The molecule has 0 saturated heterocycles. The lowest BCUT2D eigenvalue weighted by Crippen LogP contribution is -2.18. The van der Waals surface area contributed by atoms with E-state index in [9.17, 15) is 61.3 Å². The summed E-state index contributed by atoms with van der Waals surface area (Å²) >= 11 is 0. The third-order valence-corrected chi connectivity index (χ3v) is 13.7. The minimum absolute atomic E-state index is 0.00392. The van der Waals surface area contributed by atoms with Gasteiger partial charge in [-0.1, -0.05) is 48.5 Å². The van der Waals surface area contributed by atoms with Gasteiger partial charge in [0.2, 0.25) is 0 Å². The van der Waals surface area contributed by atoms with Gasteiger partial charge in [0.1, 0.15) is 57.5 Å². The van der Waals surface area contributed by atoms with Gasteiger partial charge in [-0.05, 0) is 129 Å². The molecule has 0 fully saturated rings. The van der Waals surface area contributed by atoms with Crippen LogP contribution in [-0.2, 0) is 0 Å². The van der Waals surface area contributed by atoms with E-state index < -0.39 is 47.7 Å². The Hall–Kier alpha value is -8.72. The molecule has 0 amide bonds. The van der Waals surface area contributed by atoms with Crippen molar-refractivity contribution in [2.75, 3.05) is 0 Å². The maximum absolute atomic E-state index is 12.4. The summed E-state index contributed by atoms with van der Waals surface area (Å²) in [4.78, 5) is 11.6. The van der Waals surface area contributed by atoms with E-state index in [2.05, 4.69) is 0 Å². The molecule has 10 rings (SSSR count). The van der Waals surface area contributed by atoms with Crippen LogP contribution in [0.4, 0.5) is 0 Å². The van der Waals surface area contributed by atoms with Crippen molar-refractivity contribution in [3.8, 4) is 69.0 Å². The molecule has 0 unspecified atom stereocenters. The Morgan fingerprint density at radius 2 is 0.671 bits per heavy atom. The predicted molar refractivity (Wildman–Crippen MR) is 254 cm³/mol. The summed E-state index contributed by atoms with van der Waals surface area (Å²) < 4.78 is 0. The first-order chi connectivity index (χ1) is 33.6. The lowest BCUT2D eigenvalue weighted by atomic mass is 9.75. The fourth-order valence-corrected chi connectivity index (χ4v) is 10.9. The quantitative estimate of drug-likeness (QED) is 0.0426. The van der Waals surface area contributed by atoms with Crippen LogP contribution in [0.15, 0.2) is 158 Å². The van der Waals surface area contributed by atoms with E-state index in [4.69, 9.17) is 9.78 Å². The van der Waals surface area contributed by atoms with Gasteiger partial charge in [0.05, 0.1) is 12.2 Å². The van der Waals surface area contributed by atoms with Crippen molar-refractivity contribution in [3.05, 3.63) is 213 Å². The SMILES string of the molecule is Oc1ccc([C@@H]2c3c(O)cc(O)cc3[C@H]([C@H](O)c3ccc(O)cc3)[C@H]2c2cc(O)cc(OOc3ccc([C@H](O)[C@H]4c5cc(O)cc(O)c5[C@@H](c5ccc(O)cc5)[C@@H]4c4cc(O)cc(O)c4)cc3)c2)cc1. The molecule has 8 aromatic carbocycles. The van der Waals surface area contributed by atoms with Crippen molar-refractivity contribution < 1.29 is 71.1 Å². The molecular weight excluding hydrogens is 897 g/mol. The number of phenolic OH excluding ortho intramolecular Hbond substituents is 10. The van der Waals surface area contributed by atoms with Gasteiger partial charge in [-0.25, -0.2) is 0 Å². The second kappa shape index (κ2) is 17.7. The highest BCUT2D eigenvalue weighted by Crippen LogP contribution is 2.64. The van der Waals surface area contributed by atoms with Crippen LogP contribution in [0.5, 0.6) is 69.0 Å². The van der Waals surface area contributed by atoms with Crippen LogP contribution in [0.3, 0.4) is 0 Å². The molecule has 0 aromatic heterocycles. The van der Waals surface area contributed by atoms with E-state index in [0.29, 0.717) is 55.6 Å². The molecule has 354 valence electrons. The van der Waals surface area contributed by atoms with E-state index in [1.165, 1.54) is 91.0 Å². The third kappa shape index (κ3) is 8.24. The first-order valence-electron chi connectivity index (χ1n) is 22.3. The van der Waals surface area contributed by atoms with Crippen molar-refractivity contribution in [3.63, 3.8) is 0 Å². The number of benzene rings is 8. The molecule has 2 aliphatic carbocycles. The molecule has 8 aromatic rings. The number of hydrogen-bond acceptors (Lipinski definition) is 14. The minimum Gasteiger partial charge on any atom is -0.508 e. The highest BCUT2D eigenvalue weighted by molar-refractivity contribution is 5.63. The summed E-state index contributed by atoms with van der Waals surface area (Å²) in [5, 5.41) is 132. The number of rotatable bonds is 11. The van der Waals surface area contributed by atoms with Crippen molar-refractivity contribution >= 4 is 0 Å². The fraction of sp³-hybridized carbons (Fsp3) is 0.143. The smallest absolute Gasteiger partial charge is 0.182 e. The van der Waals surface area contributed by atoms with E-state index in [-0.39, 0.29) is 69.0 Å². The molecular formula is C56H46O14. The topological polar surface area (TPSA) is 261 Å². The Labute approximate surface area is 399 Å². The summed E-state index contributed by atoms with van der Waals surface area (Å²) in [6.07, 6.45) is -2.58. The normalized spacial score (nSPS) is 20.0. The average molecular weight is 943 g/mol. The molecule has 0 heterocycles. The lowest BCUT2D eigenvalue weighted by molar-refractivity contribution is -0.100. The average Bonchev–Trinajstić information content (AvgIpc) is 3.85. The van der Waals surface area contributed by atoms with Crippen LogP contribution in [-0.4, -0.2) is 61.3 Å². The van der Waals surface area contributed by atoms with Gasteiger partial charge in [-0.2, -0.15) is 0 Å². The summed E-state index contributed by atoms with van der Waals surface area (Å²) in [6.45, 7) is 0. The van der Waals surface area contributed by atoms with Crippen molar-refractivity contribution in [1.82, 2.24) is 0 Å². The minimum atomic E-state index is -1.32. The number of aliphatic hydroxyl groups excluding tert-OH is 2. The number of aromatic hydroxyl groups is 10. The standard InChI is InChI=1S/C56H46O14/c57-33-9-1-27(2-10-33)47-49(31-17-36(60)21-37(61)18-31)53(43-23-39(63)25-45(65)51(43)47)56(68)30-7-15-41(16-8-30)69-70-42-20-32(19-38(62)22-42)50-48(28-3-11-34(58)12-4-28)52-44(24-40(64)26-46(52)66)54(50)55(67)29-5-13-35(59)14-6-29/h1-26,47-50,53-68H/t47-,48-,49-,50-,53-,54-,55+,56-/m0/s1. The van der Waals surface area contributed by atoms with Crippen LogP contribution >= 0.6 is 0 Å². The summed E-state index contributed by atoms with van der Waals surface area (Å²) in [5.41, 5.74) is 4.66. The summed E-state index contributed by atoms with van der Waals surface area (Å²) in [7, 11) is 0. The molecule has 0 saturated carbocycles. The molecule has 8 atom stereocenters. The van der Waals surface area contributed by atoms with E-state index >= 15 is 0 Å². The van der Waals surface area contributed by atoms with Gasteiger partial charge in [-0.15, -0.1) is 0 Å². The Morgan fingerprint density at radius 1 is 0.314 bits per heavy atom. The monoisotopic (exact) mass is 942 g/mol. The Balaban J connectivity index is 0.978. The van der Waals surface area contributed by atoms with Gasteiger partial charge in [-0.3, -0.25) is 9.78 Å². The maximum atomic E-state index is 12.4. The number of fused-ring (bicyclic) bond motifs is 2. The van der Waals surface area contributed by atoms with Gasteiger partial charge >= 0.3 is 0 Å². The Kier molecular flexibility index (Phi) is 11.4. The van der Waals surface area contributed by atoms with E-state index in [1.54, 1.807) is 66.7 Å². The predicted octanol–water partition coefficient (Wildman–Crippen LogP) is 9.61. The Morgan fingerprint density at radius 3 is 1.11 bits per heavy atom. The second-order valence-electron chi connectivity index (χ2n) is 17.9. The van der Waals surface area contributed by atoms with Gasteiger partial charge in [0.25, 0.3) is 0 Å². The first kappa shape index (κ1) is 45.1. The van der Waals surface area contributed by atoms with E-state index in [0.717, 1.165) is 0 Å². The third-order valence-electron chi connectivity index (χ3n) is 13.7. The molecule has 0 spiro atoms. The van der Waals surface area contributed by atoms with Gasteiger partial charge < -0.3 is 61.3 Å². The molecule has 0 aliphatic heterocycles. The highest BCUT2D eigenvalue weighted by Gasteiger charge is 2.49. The van der Waals surface area contributed by atoms with Crippen LogP contribution in [0.1, 0.15) is 103 Å². The zero-order chi connectivity index (χ0) is 49.1. The first-order valence-corrected chi connectivity index (χ1v) is 22.3. The van der Waals surface area contributed by atoms with E-state index in [1.807, 2.05) is 0 Å². The summed E-state index contributed by atoms with van der Waals surface area (Å²) in [5.74, 6) is -6.03. The summed E-state index contributed by atoms with van der Waals surface area (Å²) in [6, 6.07) is 38.9. The zero-order valence-electron chi connectivity index (χ0n) is 36.8. The highest BCUT2D eigenvalue weighted by atomic mass is 17.2. The number of hydrogen-bond donors (Lipinski definition) is 12.